The van der Waals surface area contributed by atoms with Gasteiger partial charge in [-0.15, -0.1) is 0 Å². The van der Waals surface area contributed by atoms with E-state index >= 15 is 0 Å². The molecule has 0 saturated heterocycles. The molecular formula is C22H24N4O2. The Hall–Kier alpha value is -3.25. The fourth-order valence-corrected chi connectivity index (χ4v) is 2.76. The Morgan fingerprint density at radius 2 is 1.79 bits per heavy atom. The second-order valence-corrected chi connectivity index (χ2v) is 6.72. The Labute approximate surface area is 164 Å². The molecule has 0 bridgehead atoms. The minimum absolute atomic E-state index is 0.108. The average Bonchev–Trinajstić information content (AvgIpc) is 2.69. The third-order valence-electron chi connectivity index (χ3n) is 4.37. The van der Waals surface area contributed by atoms with Gasteiger partial charge in [-0.2, -0.15) is 0 Å². The summed E-state index contributed by atoms with van der Waals surface area (Å²) in [6, 6.07) is 14.6. The molecular weight excluding hydrogens is 352 g/mol. The van der Waals surface area contributed by atoms with Crippen molar-refractivity contribution in [3.63, 3.8) is 0 Å². The molecule has 0 saturated carbocycles. The summed E-state index contributed by atoms with van der Waals surface area (Å²) in [5.41, 5.74) is 10.1. The maximum Gasteiger partial charge on any atom is 0.268 e. The largest absolute Gasteiger partial charge is 0.437 e. The van der Waals surface area contributed by atoms with E-state index in [2.05, 4.69) is 52.5 Å². The highest BCUT2D eigenvalue weighted by atomic mass is 16.5. The zero-order chi connectivity index (χ0) is 19.9. The van der Waals surface area contributed by atoms with Crippen molar-refractivity contribution in [1.29, 1.82) is 0 Å². The van der Waals surface area contributed by atoms with Crippen LogP contribution in [0, 0.1) is 13.8 Å². The Balaban J connectivity index is 1.51. The van der Waals surface area contributed by atoms with E-state index in [-0.39, 0.29) is 5.69 Å². The molecule has 0 aliphatic heterocycles. The molecule has 2 aromatic carbocycles. The standard InChI is InChI=1S/C22H24N4O2/c1-15-3-5-17(6-4-15)9-10-24-12-18-7-8-20(16(2)11-18)28-21-14-25-19(13-26-21)22(23)27/h3-8,11,13-14,24H,9-10,12H2,1-2H3,(H2,23,27). The Morgan fingerprint density at radius 3 is 2.43 bits per heavy atom. The van der Waals surface area contributed by atoms with Gasteiger partial charge in [0, 0.05) is 6.54 Å². The highest BCUT2D eigenvalue weighted by Crippen LogP contribution is 2.24. The van der Waals surface area contributed by atoms with Gasteiger partial charge in [0.2, 0.25) is 5.88 Å². The number of rotatable bonds is 8. The molecule has 3 rings (SSSR count). The van der Waals surface area contributed by atoms with Crippen LogP contribution in [-0.2, 0) is 13.0 Å². The number of primary amides is 1. The average molecular weight is 376 g/mol. The Morgan fingerprint density at radius 1 is 1.04 bits per heavy atom. The molecule has 0 atom stereocenters. The van der Waals surface area contributed by atoms with Gasteiger partial charge in [-0.25, -0.2) is 9.97 Å². The zero-order valence-electron chi connectivity index (χ0n) is 16.1. The molecule has 1 aromatic heterocycles. The lowest BCUT2D eigenvalue weighted by Crippen LogP contribution is -2.16. The van der Waals surface area contributed by atoms with Crippen molar-refractivity contribution < 1.29 is 9.53 Å². The van der Waals surface area contributed by atoms with Crippen molar-refractivity contribution in [3.05, 3.63) is 82.8 Å². The number of aryl methyl sites for hydroxylation is 2. The third kappa shape index (κ3) is 5.37. The number of nitrogens with two attached hydrogens (primary N) is 1. The number of ether oxygens (including phenoxy) is 1. The Bertz CT molecular complexity index is 938. The molecule has 6 nitrogen and oxygen atoms in total. The molecule has 0 spiro atoms. The number of hydrogen-bond donors (Lipinski definition) is 2. The van der Waals surface area contributed by atoms with E-state index in [0.29, 0.717) is 11.6 Å². The van der Waals surface area contributed by atoms with Crippen LogP contribution in [0.15, 0.2) is 54.9 Å². The van der Waals surface area contributed by atoms with Crippen molar-refractivity contribution in [2.75, 3.05) is 6.54 Å². The van der Waals surface area contributed by atoms with E-state index in [4.69, 9.17) is 10.5 Å². The smallest absolute Gasteiger partial charge is 0.268 e. The molecule has 0 aliphatic carbocycles. The summed E-state index contributed by atoms with van der Waals surface area (Å²) in [7, 11) is 0. The van der Waals surface area contributed by atoms with Gasteiger partial charge in [0.05, 0.1) is 12.4 Å². The van der Waals surface area contributed by atoms with Crippen molar-refractivity contribution in [2.45, 2.75) is 26.8 Å². The van der Waals surface area contributed by atoms with Gasteiger partial charge in [-0.1, -0.05) is 42.0 Å². The fourth-order valence-electron chi connectivity index (χ4n) is 2.76. The molecule has 0 fully saturated rings. The third-order valence-corrected chi connectivity index (χ3v) is 4.37. The zero-order valence-corrected chi connectivity index (χ0v) is 16.1. The highest BCUT2D eigenvalue weighted by Gasteiger charge is 2.07. The van der Waals surface area contributed by atoms with Crippen LogP contribution < -0.4 is 15.8 Å². The van der Waals surface area contributed by atoms with Crippen LogP contribution >= 0.6 is 0 Å². The summed E-state index contributed by atoms with van der Waals surface area (Å²) in [5, 5.41) is 3.47. The quantitative estimate of drug-likeness (QED) is 0.589. The van der Waals surface area contributed by atoms with E-state index in [9.17, 15) is 4.79 Å². The van der Waals surface area contributed by atoms with Crippen LogP contribution in [0.3, 0.4) is 0 Å². The summed E-state index contributed by atoms with van der Waals surface area (Å²) >= 11 is 0. The number of benzene rings is 2. The van der Waals surface area contributed by atoms with E-state index < -0.39 is 5.91 Å². The molecule has 0 unspecified atom stereocenters. The van der Waals surface area contributed by atoms with Crippen molar-refractivity contribution >= 4 is 5.91 Å². The van der Waals surface area contributed by atoms with Crippen LogP contribution in [0.5, 0.6) is 11.6 Å². The van der Waals surface area contributed by atoms with E-state index in [1.807, 2.05) is 19.1 Å². The lowest BCUT2D eigenvalue weighted by Gasteiger charge is -2.10. The number of aromatic nitrogens is 2. The lowest BCUT2D eigenvalue weighted by atomic mass is 10.1. The summed E-state index contributed by atoms with van der Waals surface area (Å²) < 4.78 is 5.75. The molecule has 144 valence electrons. The first kappa shape index (κ1) is 19.5. The monoisotopic (exact) mass is 376 g/mol. The van der Waals surface area contributed by atoms with Crippen molar-refractivity contribution in [3.8, 4) is 11.6 Å². The molecule has 1 heterocycles. The maximum absolute atomic E-state index is 11.0. The predicted octanol–water partition coefficient (Wildman–Crippen LogP) is 3.32. The lowest BCUT2D eigenvalue weighted by molar-refractivity contribution is 0.0995. The minimum Gasteiger partial charge on any atom is -0.437 e. The SMILES string of the molecule is Cc1ccc(CCNCc2ccc(Oc3cnc(C(N)=O)cn3)c(C)c2)cc1. The van der Waals surface area contributed by atoms with Gasteiger partial charge < -0.3 is 15.8 Å². The van der Waals surface area contributed by atoms with E-state index in [1.165, 1.54) is 29.1 Å². The highest BCUT2D eigenvalue weighted by molar-refractivity contribution is 5.90. The molecule has 3 N–H and O–H groups in total. The fraction of sp³-hybridized carbons (Fsp3) is 0.227. The van der Waals surface area contributed by atoms with E-state index in [1.54, 1.807) is 0 Å². The molecule has 0 radical (unpaired) electrons. The molecule has 3 aromatic rings. The van der Waals surface area contributed by atoms with Crippen LogP contribution in [0.1, 0.15) is 32.7 Å². The van der Waals surface area contributed by atoms with Crippen LogP contribution in [-0.4, -0.2) is 22.4 Å². The number of nitrogens with zero attached hydrogens (tertiary/aromatic N) is 2. The second-order valence-electron chi connectivity index (χ2n) is 6.72. The van der Waals surface area contributed by atoms with Crippen LogP contribution in [0.2, 0.25) is 0 Å². The summed E-state index contributed by atoms with van der Waals surface area (Å²) in [4.78, 5) is 19.0. The molecule has 0 aliphatic rings. The van der Waals surface area contributed by atoms with Gasteiger partial charge >= 0.3 is 0 Å². The van der Waals surface area contributed by atoms with Gasteiger partial charge in [0.15, 0.2) is 0 Å². The number of carbonyl (C=O) groups excluding carboxylic acids is 1. The van der Waals surface area contributed by atoms with Gasteiger partial charge in [0.25, 0.3) is 5.91 Å². The summed E-state index contributed by atoms with van der Waals surface area (Å²) in [6.45, 7) is 5.79. The van der Waals surface area contributed by atoms with Crippen molar-refractivity contribution in [2.24, 2.45) is 5.73 Å². The molecule has 1 amide bonds. The second kappa shape index (κ2) is 9.10. The van der Waals surface area contributed by atoms with Gasteiger partial charge in [-0.3, -0.25) is 4.79 Å². The van der Waals surface area contributed by atoms with Crippen LogP contribution in [0.4, 0.5) is 0 Å². The number of nitrogens with one attached hydrogen (secondary N) is 1. The molecule has 28 heavy (non-hydrogen) atoms. The summed E-state index contributed by atoms with van der Waals surface area (Å²) in [6.07, 6.45) is 3.69. The van der Waals surface area contributed by atoms with Crippen LogP contribution in [0.25, 0.3) is 0 Å². The topological polar surface area (TPSA) is 90.1 Å². The summed E-state index contributed by atoms with van der Waals surface area (Å²) in [5.74, 6) is 0.399. The maximum atomic E-state index is 11.0. The Kier molecular flexibility index (Phi) is 6.34. The first-order valence-corrected chi connectivity index (χ1v) is 9.17. The number of carbonyl (C=O) groups is 1. The number of hydrogen-bond acceptors (Lipinski definition) is 5. The molecule has 6 heteroatoms. The first-order valence-electron chi connectivity index (χ1n) is 9.17. The van der Waals surface area contributed by atoms with Gasteiger partial charge in [0.1, 0.15) is 11.4 Å². The van der Waals surface area contributed by atoms with Crippen molar-refractivity contribution in [1.82, 2.24) is 15.3 Å². The minimum atomic E-state index is -0.616. The van der Waals surface area contributed by atoms with E-state index in [0.717, 1.165) is 25.1 Å². The normalized spacial score (nSPS) is 10.6. The predicted molar refractivity (Wildman–Crippen MR) is 108 cm³/mol. The first-order chi connectivity index (χ1) is 13.5. The number of amides is 1. The van der Waals surface area contributed by atoms with Gasteiger partial charge in [-0.05, 0) is 49.6 Å².